The topological polar surface area (TPSA) is 26.0 Å². The van der Waals surface area contributed by atoms with Crippen LogP contribution in [-0.2, 0) is 0 Å². The fourth-order valence-corrected chi connectivity index (χ4v) is 1.92. The molecule has 0 spiro atoms. The van der Waals surface area contributed by atoms with Gasteiger partial charge in [0.1, 0.15) is 5.69 Å². The molecule has 16 heavy (non-hydrogen) atoms. The van der Waals surface area contributed by atoms with Gasteiger partial charge in [0.2, 0.25) is 0 Å². The minimum Gasteiger partial charge on any atom is -0.356 e. The first-order valence-corrected chi connectivity index (χ1v) is 5.33. The number of hydrogen-bond donors (Lipinski definition) is 0. The van der Waals surface area contributed by atoms with E-state index in [0.717, 1.165) is 22.2 Å². The number of rotatable bonds is 1. The Hall–Kier alpha value is -1.80. The minimum absolute atomic E-state index is 0.699. The molecule has 0 aliphatic carbocycles. The van der Waals surface area contributed by atoms with Gasteiger partial charge in [-0.15, -0.1) is 0 Å². The lowest BCUT2D eigenvalue weighted by molar-refractivity contribution is 0.459. The molecule has 3 aromatic rings. The number of para-hydroxylation sites is 1. The minimum atomic E-state index is 0.699. The van der Waals surface area contributed by atoms with Gasteiger partial charge in [-0.1, -0.05) is 41.0 Å². The van der Waals surface area contributed by atoms with E-state index in [1.165, 1.54) is 0 Å². The summed E-state index contributed by atoms with van der Waals surface area (Å²) >= 11 is 5.95. The fourth-order valence-electron chi connectivity index (χ4n) is 1.73. The lowest BCUT2D eigenvalue weighted by atomic mass is 10.1. The van der Waals surface area contributed by atoms with E-state index in [9.17, 15) is 0 Å². The van der Waals surface area contributed by atoms with Gasteiger partial charge in [0.25, 0.3) is 0 Å². The van der Waals surface area contributed by atoms with Crippen LogP contribution in [0.1, 0.15) is 0 Å². The highest BCUT2D eigenvalue weighted by Gasteiger charge is 2.09. The second-order valence-electron chi connectivity index (χ2n) is 3.54. The first-order valence-electron chi connectivity index (χ1n) is 4.95. The highest BCUT2D eigenvalue weighted by molar-refractivity contribution is 6.30. The van der Waals surface area contributed by atoms with E-state index in [4.69, 9.17) is 16.1 Å². The summed E-state index contributed by atoms with van der Waals surface area (Å²) in [5.74, 6) is 0. The van der Waals surface area contributed by atoms with Gasteiger partial charge in [0.15, 0.2) is 5.58 Å². The van der Waals surface area contributed by atoms with Crippen molar-refractivity contribution in [1.29, 1.82) is 0 Å². The molecule has 1 heterocycles. The predicted octanol–water partition coefficient (Wildman–Crippen LogP) is 4.15. The normalized spacial score (nSPS) is 10.8. The molecule has 0 N–H and O–H groups in total. The van der Waals surface area contributed by atoms with Crippen LogP contribution in [0.3, 0.4) is 0 Å². The van der Waals surface area contributed by atoms with Crippen LogP contribution in [0.2, 0.25) is 5.02 Å². The molecule has 3 rings (SSSR count). The molecule has 2 nitrogen and oxygen atoms in total. The number of nitrogens with zero attached hydrogens (tertiary/aromatic N) is 1. The van der Waals surface area contributed by atoms with Crippen LogP contribution in [-0.4, -0.2) is 5.16 Å². The van der Waals surface area contributed by atoms with Gasteiger partial charge in [-0.05, 0) is 24.3 Å². The SMILES string of the molecule is Clc1cccc(-c2noc3ccccc23)c1. The Morgan fingerprint density at radius 2 is 1.88 bits per heavy atom. The Morgan fingerprint density at radius 3 is 2.75 bits per heavy atom. The number of benzene rings is 2. The summed E-state index contributed by atoms with van der Waals surface area (Å²) in [7, 11) is 0. The fraction of sp³-hybridized carbons (Fsp3) is 0. The molecule has 0 bridgehead atoms. The van der Waals surface area contributed by atoms with Crippen LogP contribution >= 0.6 is 11.6 Å². The van der Waals surface area contributed by atoms with Crippen molar-refractivity contribution in [3.63, 3.8) is 0 Å². The maximum absolute atomic E-state index is 5.95. The summed E-state index contributed by atoms with van der Waals surface area (Å²) in [6.45, 7) is 0. The average Bonchev–Trinajstić information content (AvgIpc) is 2.72. The number of fused-ring (bicyclic) bond motifs is 1. The van der Waals surface area contributed by atoms with Gasteiger partial charge >= 0.3 is 0 Å². The highest BCUT2D eigenvalue weighted by atomic mass is 35.5. The second kappa shape index (κ2) is 3.65. The van der Waals surface area contributed by atoms with E-state index in [-0.39, 0.29) is 0 Å². The molecule has 0 aliphatic rings. The zero-order valence-corrected chi connectivity index (χ0v) is 9.11. The third kappa shape index (κ3) is 1.48. The van der Waals surface area contributed by atoms with Crippen molar-refractivity contribution in [2.75, 3.05) is 0 Å². The van der Waals surface area contributed by atoms with Crippen LogP contribution in [0.25, 0.3) is 22.2 Å². The molecule has 0 saturated heterocycles. The molecule has 0 aliphatic heterocycles. The van der Waals surface area contributed by atoms with Crippen molar-refractivity contribution < 1.29 is 4.52 Å². The lowest BCUT2D eigenvalue weighted by Crippen LogP contribution is -1.77. The van der Waals surface area contributed by atoms with Crippen molar-refractivity contribution in [1.82, 2.24) is 5.16 Å². The molecule has 0 radical (unpaired) electrons. The van der Waals surface area contributed by atoms with Gasteiger partial charge in [-0.3, -0.25) is 0 Å². The van der Waals surface area contributed by atoms with E-state index >= 15 is 0 Å². The first-order chi connectivity index (χ1) is 7.84. The maximum atomic E-state index is 5.95. The smallest absolute Gasteiger partial charge is 0.167 e. The van der Waals surface area contributed by atoms with Crippen LogP contribution in [0.4, 0.5) is 0 Å². The molecular formula is C13H8ClNO. The Balaban J connectivity index is 2.26. The summed E-state index contributed by atoms with van der Waals surface area (Å²) < 4.78 is 5.25. The molecule has 3 heteroatoms. The molecule has 0 amide bonds. The van der Waals surface area contributed by atoms with Crippen molar-refractivity contribution in [2.24, 2.45) is 0 Å². The molecule has 0 unspecified atom stereocenters. The zero-order chi connectivity index (χ0) is 11.0. The van der Waals surface area contributed by atoms with Crippen LogP contribution in [0, 0.1) is 0 Å². The van der Waals surface area contributed by atoms with Crippen molar-refractivity contribution in [3.8, 4) is 11.3 Å². The van der Waals surface area contributed by atoms with Crippen molar-refractivity contribution in [2.45, 2.75) is 0 Å². The van der Waals surface area contributed by atoms with E-state index in [1.54, 1.807) is 0 Å². The molecule has 0 fully saturated rings. The van der Waals surface area contributed by atoms with E-state index < -0.39 is 0 Å². The third-order valence-corrected chi connectivity index (χ3v) is 2.71. The number of hydrogen-bond acceptors (Lipinski definition) is 2. The molecular weight excluding hydrogens is 222 g/mol. The van der Waals surface area contributed by atoms with Gasteiger partial charge in [0, 0.05) is 16.0 Å². The Labute approximate surface area is 97.4 Å². The van der Waals surface area contributed by atoms with Crippen LogP contribution in [0.5, 0.6) is 0 Å². The summed E-state index contributed by atoms with van der Waals surface area (Å²) in [5.41, 5.74) is 2.59. The number of halogens is 1. The van der Waals surface area contributed by atoms with Crippen LogP contribution < -0.4 is 0 Å². The van der Waals surface area contributed by atoms with Crippen molar-refractivity contribution in [3.05, 3.63) is 53.6 Å². The summed E-state index contributed by atoms with van der Waals surface area (Å²) in [5, 5.41) is 5.78. The second-order valence-corrected chi connectivity index (χ2v) is 3.97. The lowest BCUT2D eigenvalue weighted by Gasteiger charge is -1.96. The highest BCUT2D eigenvalue weighted by Crippen LogP contribution is 2.28. The molecule has 0 saturated carbocycles. The summed E-state index contributed by atoms with van der Waals surface area (Å²) in [6.07, 6.45) is 0. The van der Waals surface area contributed by atoms with Gasteiger partial charge in [-0.25, -0.2) is 0 Å². The molecule has 2 aromatic carbocycles. The Morgan fingerprint density at radius 1 is 1.00 bits per heavy atom. The monoisotopic (exact) mass is 229 g/mol. The molecule has 78 valence electrons. The quantitative estimate of drug-likeness (QED) is 0.627. The van der Waals surface area contributed by atoms with Crippen molar-refractivity contribution >= 4 is 22.6 Å². The largest absolute Gasteiger partial charge is 0.356 e. The first kappa shape index (κ1) is 9.43. The third-order valence-electron chi connectivity index (χ3n) is 2.48. The van der Waals surface area contributed by atoms with E-state index in [1.807, 2.05) is 48.5 Å². The zero-order valence-electron chi connectivity index (χ0n) is 8.35. The van der Waals surface area contributed by atoms with Gasteiger partial charge in [0.05, 0.1) is 0 Å². The predicted molar refractivity (Wildman–Crippen MR) is 64.5 cm³/mol. The maximum Gasteiger partial charge on any atom is 0.167 e. The Bertz CT molecular complexity index is 645. The van der Waals surface area contributed by atoms with Crippen LogP contribution in [0.15, 0.2) is 53.1 Å². The average molecular weight is 230 g/mol. The molecule has 0 atom stereocenters. The summed E-state index contributed by atoms with van der Waals surface area (Å²) in [4.78, 5) is 0. The van der Waals surface area contributed by atoms with Gasteiger partial charge in [-0.2, -0.15) is 0 Å². The van der Waals surface area contributed by atoms with Gasteiger partial charge < -0.3 is 4.52 Å². The molecule has 1 aromatic heterocycles. The van der Waals surface area contributed by atoms with E-state index in [0.29, 0.717) is 5.02 Å². The summed E-state index contributed by atoms with van der Waals surface area (Å²) in [6, 6.07) is 15.4. The Kier molecular flexibility index (Phi) is 2.15. The standard InChI is InChI=1S/C13H8ClNO/c14-10-5-3-4-9(8-10)13-11-6-1-2-7-12(11)16-15-13/h1-8H. The number of aromatic nitrogens is 1. The van der Waals surface area contributed by atoms with E-state index in [2.05, 4.69) is 5.16 Å².